The molecule has 0 saturated heterocycles. The molecule has 92 valence electrons. The average Bonchev–Trinajstić information content (AvgIpc) is 2.70. The van der Waals surface area contributed by atoms with E-state index in [4.69, 9.17) is 5.73 Å². The molecule has 0 radical (unpaired) electrons. The number of hydrogen-bond acceptors (Lipinski definition) is 3. The van der Waals surface area contributed by atoms with Crippen molar-refractivity contribution in [1.29, 1.82) is 0 Å². The third-order valence-electron chi connectivity index (χ3n) is 2.31. The molecule has 0 saturated carbocycles. The Bertz CT molecular complexity index is 497. The molecule has 6 heteroatoms. The van der Waals surface area contributed by atoms with Gasteiger partial charge in [0.1, 0.15) is 6.54 Å². The third-order valence-corrected chi connectivity index (χ3v) is 2.31. The second-order valence-electron chi connectivity index (χ2n) is 3.50. The molecule has 1 aromatic carbocycles. The Hall–Kier alpha value is -1.59. The Morgan fingerprint density at radius 1 is 1.41 bits per heavy atom. The van der Waals surface area contributed by atoms with Gasteiger partial charge in [0.2, 0.25) is 5.91 Å². The Morgan fingerprint density at radius 3 is 2.94 bits per heavy atom. The molecular weight excluding hydrogens is 240 g/mol. The molecule has 0 spiro atoms. The summed E-state index contributed by atoms with van der Waals surface area (Å²) in [5, 5.41) is 7.91. The fourth-order valence-electron chi connectivity index (χ4n) is 1.56. The number of aromatic nitrogens is 2. The van der Waals surface area contributed by atoms with E-state index >= 15 is 0 Å². The molecule has 0 unspecified atom stereocenters. The minimum atomic E-state index is -0.0701. The second-order valence-corrected chi connectivity index (χ2v) is 3.50. The number of nitrogens with two attached hydrogens (primary N) is 1. The van der Waals surface area contributed by atoms with Crippen molar-refractivity contribution in [2.75, 3.05) is 13.1 Å². The fraction of sp³-hybridized carbons (Fsp3) is 0.273. The van der Waals surface area contributed by atoms with Crippen molar-refractivity contribution in [2.45, 2.75) is 6.54 Å². The van der Waals surface area contributed by atoms with E-state index in [9.17, 15) is 4.79 Å². The molecule has 0 bridgehead atoms. The lowest BCUT2D eigenvalue weighted by molar-refractivity contribution is -0.121. The standard InChI is InChI=1S/C11H14N4O.ClH/c12-5-6-13-11(16)8-15-10-4-2-1-3-9(10)7-14-15;/h1-4,7H,5-6,8,12H2,(H,13,16);1H. The highest BCUT2D eigenvalue weighted by molar-refractivity contribution is 5.85. The maximum absolute atomic E-state index is 11.5. The van der Waals surface area contributed by atoms with Gasteiger partial charge in [-0.15, -0.1) is 12.4 Å². The maximum Gasteiger partial charge on any atom is 0.241 e. The number of carbonyl (C=O) groups excluding carboxylic acids is 1. The summed E-state index contributed by atoms with van der Waals surface area (Å²) in [7, 11) is 0. The molecule has 2 aromatic rings. The van der Waals surface area contributed by atoms with Gasteiger partial charge in [-0.25, -0.2) is 0 Å². The van der Waals surface area contributed by atoms with Crippen LogP contribution in [0.2, 0.25) is 0 Å². The predicted molar refractivity (Wildman–Crippen MR) is 69.0 cm³/mol. The van der Waals surface area contributed by atoms with Crippen LogP contribution < -0.4 is 11.1 Å². The summed E-state index contributed by atoms with van der Waals surface area (Å²) in [6.45, 7) is 1.18. The number of rotatable bonds is 4. The number of nitrogens with zero attached hydrogens (tertiary/aromatic N) is 2. The number of benzene rings is 1. The number of nitrogens with one attached hydrogen (secondary N) is 1. The van der Waals surface area contributed by atoms with E-state index in [-0.39, 0.29) is 24.9 Å². The summed E-state index contributed by atoms with van der Waals surface area (Å²) in [4.78, 5) is 11.5. The number of fused-ring (bicyclic) bond motifs is 1. The van der Waals surface area contributed by atoms with E-state index < -0.39 is 0 Å². The van der Waals surface area contributed by atoms with Crippen LogP contribution in [0.5, 0.6) is 0 Å². The Morgan fingerprint density at radius 2 is 2.18 bits per heavy atom. The second kappa shape index (κ2) is 6.22. The van der Waals surface area contributed by atoms with E-state index in [1.807, 2.05) is 24.3 Å². The first-order valence-corrected chi connectivity index (χ1v) is 5.18. The molecule has 5 nitrogen and oxygen atoms in total. The molecule has 0 aliphatic carbocycles. The molecular formula is C11H15ClN4O. The summed E-state index contributed by atoms with van der Waals surface area (Å²) >= 11 is 0. The molecule has 0 fully saturated rings. The summed E-state index contributed by atoms with van der Waals surface area (Å²) in [6, 6.07) is 7.79. The van der Waals surface area contributed by atoms with Gasteiger partial charge in [-0.2, -0.15) is 5.10 Å². The van der Waals surface area contributed by atoms with Crippen LogP contribution in [-0.4, -0.2) is 28.8 Å². The van der Waals surface area contributed by atoms with Gasteiger partial charge in [-0.3, -0.25) is 9.48 Å². The summed E-state index contributed by atoms with van der Waals surface area (Å²) in [6.07, 6.45) is 1.76. The van der Waals surface area contributed by atoms with Gasteiger partial charge in [-0.1, -0.05) is 18.2 Å². The molecule has 1 amide bonds. The van der Waals surface area contributed by atoms with Crippen LogP contribution in [0.1, 0.15) is 0 Å². The molecule has 0 atom stereocenters. The lowest BCUT2D eigenvalue weighted by Crippen LogP contribution is -2.32. The highest BCUT2D eigenvalue weighted by atomic mass is 35.5. The van der Waals surface area contributed by atoms with Crippen LogP contribution in [0.25, 0.3) is 10.9 Å². The largest absolute Gasteiger partial charge is 0.353 e. The molecule has 17 heavy (non-hydrogen) atoms. The van der Waals surface area contributed by atoms with Crippen molar-refractivity contribution in [3.63, 3.8) is 0 Å². The Labute approximate surface area is 105 Å². The molecule has 1 heterocycles. The third kappa shape index (κ3) is 3.18. The lowest BCUT2D eigenvalue weighted by atomic mass is 10.2. The highest BCUT2D eigenvalue weighted by Gasteiger charge is 2.05. The Kier molecular flexibility index (Phi) is 4.93. The van der Waals surface area contributed by atoms with Gasteiger partial charge in [0.05, 0.1) is 11.7 Å². The van der Waals surface area contributed by atoms with Crippen LogP contribution in [0, 0.1) is 0 Å². The minimum absolute atomic E-state index is 0. The van der Waals surface area contributed by atoms with Gasteiger partial charge in [0.15, 0.2) is 0 Å². The van der Waals surface area contributed by atoms with Crippen molar-refractivity contribution in [3.8, 4) is 0 Å². The molecule has 1 aromatic heterocycles. The van der Waals surface area contributed by atoms with Crippen molar-refractivity contribution in [2.24, 2.45) is 5.73 Å². The van der Waals surface area contributed by atoms with Crippen LogP contribution in [-0.2, 0) is 11.3 Å². The average molecular weight is 255 g/mol. The Balaban J connectivity index is 0.00000144. The molecule has 0 aliphatic heterocycles. The van der Waals surface area contributed by atoms with Crippen molar-refractivity contribution < 1.29 is 4.79 Å². The van der Waals surface area contributed by atoms with Crippen LogP contribution in [0.15, 0.2) is 30.5 Å². The van der Waals surface area contributed by atoms with Gasteiger partial charge in [0.25, 0.3) is 0 Å². The first-order chi connectivity index (χ1) is 7.81. The van der Waals surface area contributed by atoms with Gasteiger partial charge in [-0.05, 0) is 6.07 Å². The van der Waals surface area contributed by atoms with Crippen molar-refractivity contribution >= 4 is 29.2 Å². The smallest absolute Gasteiger partial charge is 0.241 e. The van der Waals surface area contributed by atoms with Crippen LogP contribution >= 0.6 is 12.4 Å². The summed E-state index contributed by atoms with van der Waals surface area (Å²) in [5.74, 6) is -0.0701. The normalized spacial score (nSPS) is 9.94. The lowest BCUT2D eigenvalue weighted by Gasteiger charge is -2.04. The monoisotopic (exact) mass is 254 g/mol. The predicted octanol–water partition coefficient (Wildman–Crippen LogP) is 0.533. The van der Waals surface area contributed by atoms with E-state index in [0.29, 0.717) is 13.1 Å². The first-order valence-electron chi connectivity index (χ1n) is 5.18. The van der Waals surface area contributed by atoms with Gasteiger partial charge >= 0.3 is 0 Å². The minimum Gasteiger partial charge on any atom is -0.353 e. The summed E-state index contributed by atoms with van der Waals surface area (Å²) < 4.78 is 1.68. The van der Waals surface area contributed by atoms with Crippen LogP contribution in [0.3, 0.4) is 0 Å². The number of hydrogen-bond donors (Lipinski definition) is 2. The topological polar surface area (TPSA) is 72.9 Å². The summed E-state index contributed by atoms with van der Waals surface area (Å²) in [5.41, 5.74) is 6.27. The van der Waals surface area contributed by atoms with Crippen LogP contribution in [0.4, 0.5) is 0 Å². The molecule has 0 aliphatic rings. The van der Waals surface area contributed by atoms with Crippen molar-refractivity contribution in [3.05, 3.63) is 30.5 Å². The maximum atomic E-state index is 11.5. The van der Waals surface area contributed by atoms with Gasteiger partial charge < -0.3 is 11.1 Å². The zero-order valence-electron chi connectivity index (χ0n) is 9.30. The number of halogens is 1. The number of para-hydroxylation sites is 1. The number of carbonyl (C=O) groups is 1. The van der Waals surface area contributed by atoms with E-state index in [1.54, 1.807) is 10.9 Å². The zero-order valence-corrected chi connectivity index (χ0v) is 10.1. The van der Waals surface area contributed by atoms with Crippen molar-refractivity contribution in [1.82, 2.24) is 15.1 Å². The zero-order chi connectivity index (χ0) is 11.4. The quantitative estimate of drug-likeness (QED) is 0.836. The SMILES string of the molecule is Cl.NCCNC(=O)Cn1ncc2ccccc21. The highest BCUT2D eigenvalue weighted by Crippen LogP contribution is 2.11. The van der Waals surface area contributed by atoms with E-state index in [1.165, 1.54) is 0 Å². The molecule has 2 rings (SSSR count). The van der Waals surface area contributed by atoms with E-state index in [2.05, 4.69) is 10.4 Å². The molecule has 3 N–H and O–H groups in total. The fourth-order valence-corrected chi connectivity index (χ4v) is 1.56. The van der Waals surface area contributed by atoms with Gasteiger partial charge in [0, 0.05) is 18.5 Å². The first kappa shape index (κ1) is 13.5. The van der Waals surface area contributed by atoms with E-state index in [0.717, 1.165) is 10.9 Å². The number of amides is 1.